The summed E-state index contributed by atoms with van der Waals surface area (Å²) in [6.07, 6.45) is 0. The number of ether oxygens (including phenoxy) is 1. The van der Waals surface area contributed by atoms with Gasteiger partial charge in [-0.05, 0) is 17.5 Å². The predicted octanol–water partition coefficient (Wildman–Crippen LogP) is 3.49. The first kappa shape index (κ1) is 20.2. The highest BCUT2D eigenvalue weighted by Crippen LogP contribution is 2.16. The maximum atomic E-state index is 10.7. The fraction of sp³-hybridized carbons (Fsp3) is 0.350. The van der Waals surface area contributed by atoms with Crippen molar-refractivity contribution in [2.45, 2.75) is 26.9 Å². The van der Waals surface area contributed by atoms with E-state index in [-0.39, 0.29) is 5.69 Å². The number of hydrogen-bond donors (Lipinski definition) is 2. The number of nitro groups is 1. The van der Waals surface area contributed by atoms with Crippen LogP contribution in [0.3, 0.4) is 0 Å². The fourth-order valence-electron chi connectivity index (χ4n) is 2.40. The van der Waals surface area contributed by atoms with Gasteiger partial charge in [-0.1, -0.05) is 44.2 Å². The Bertz CT molecular complexity index is 773. The number of non-ortho nitro benzene ring substituents is 1. The van der Waals surface area contributed by atoms with Gasteiger partial charge in [0.1, 0.15) is 5.75 Å². The number of aliphatic imine (C=N–C) groups is 1. The van der Waals surface area contributed by atoms with Gasteiger partial charge in [0, 0.05) is 30.8 Å². The van der Waals surface area contributed by atoms with Crippen LogP contribution in [0.5, 0.6) is 5.75 Å². The molecule has 2 aromatic carbocycles. The molecule has 0 amide bonds. The standard InChI is InChI=1S/C20H26N4O3/c1-15(2)12-21-20(23-14-17-6-4-5-7-19(17)27-3)22-13-16-8-10-18(11-9-16)24(25)26/h4-11,15H,12-14H2,1-3H3,(H2,21,22,23). The van der Waals surface area contributed by atoms with Crippen molar-refractivity contribution < 1.29 is 9.66 Å². The Morgan fingerprint density at radius 1 is 1.15 bits per heavy atom. The minimum Gasteiger partial charge on any atom is -0.496 e. The van der Waals surface area contributed by atoms with E-state index >= 15 is 0 Å². The molecule has 2 aromatic rings. The second-order valence-electron chi connectivity index (χ2n) is 6.53. The van der Waals surface area contributed by atoms with Gasteiger partial charge in [0.15, 0.2) is 5.96 Å². The van der Waals surface area contributed by atoms with Crippen LogP contribution in [0.1, 0.15) is 25.0 Å². The molecular formula is C20H26N4O3. The van der Waals surface area contributed by atoms with Gasteiger partial charge in [0.05, 0.1) is 18.6 Å². The quantitative estimate of drug-likeness (QED) is 0.321. The molecule has 0 aliphatic carbocycles. The highest BCUT2D eigenvalue weighted by molar-refractivity contribution is 5.79. The second kappa shape index (κ2) is 10.2. The zero-order valence-corrected chi connectivity index (χ0v) is 15.9. The number of hydrogen-bond acceptors (Lipinski definition) is 4. The summed E-state index contributed by atoms with van der Waals surface area (Å²) in [4.78, 5) is 14.9. The lowest BCUT2D eigenvalue weighted by Gasteiger charge is -2.15. The molecule has 0 heterocycles. The molecule has 0 aliphatic heterocycles. The zero-order chi connectivity index (χ0) is 19.6. The van der Waals surface area contributed by atoms with Crippen LogP contribution in [0.25, 0.3) is 0 Å². The van der Waals surface area contributed by atoms with Crippen LogP contribution in [-0.4, -0.2) is 24.5 Å². The van der Waals surface area contributed by atoms with Crippen molar-refractivity contribution in [3.05, 3.63) is 69.8 Å². The maximum absolute atomic E-state index is 10.7. The van der Waals surface area contributed by atoms with E-state index in [1.54, 1.807) is 19.2 Å². The van der Waals surface area contributed by atoms with Crippen molar-refractivity contribution in [3.63, 3.8) is 0 Å². The van der Waals surface area contributed by atoms with E-state index in [2.05, 4.69) is 29.5 Å². The number of methoxy groups -OCH3 is 1. The largest absolute Gasteiger partial charge is 0.496 e. The first-order valence-electron chi connectivity index (χ1n) is 8.87. The van der Waals surface area contributed by atoms with Gasteiger partial charge in [-0.2, -0.15) is 0 Å². The average Bonchev–Trinajstić information content (AvgIpc) is 2.67. The number of rotatable bonds is 8. The van der Waals surface area contributed by atoms with Crippen molar-refractivity contribution in [3.8, 4) is 5.75 Å². The zero-order valence-electron chi connectivity index (χ0n) is 15.9. The van der Waals surface area contributed by atoms with Crippen LogP contribution in [0.15, 0.2) is 53.5 Å². The van der Waals surface area contributed by atoms with E-state index in [0.29, 0.717) is 25.0 Å². The lowest BCUT2D eigenvalue weighted by molar-refractivity contribution is -0.384. The normalized spacial score (nSPS) is 11.3. The van der Waals surface area contributed by atoms with E-state index in [4.69, 9.17) is 4.74 Å². The summed E-state index contributed by atoms with van der Waals surface area (Å²) >= 11 is 0. The van der Waals surface area contributed by atoms with Gasteiger partial charge in [-0.15, -0.1) is 0 Å². The van der Waals surface area contributed by atoms with Gasteiger partial charge >= 0.3 is 0 Å². The van der Waals surface area contributed by atoms with Crippen molar-refractivity contribution in [2.24, 2.45) is 10.9 Å². The molecule has 2 rings (SSSR count). The van der Waals surface area contributed by atoms with Crippen molar-refractivity contribution >= 4 is 11.6 Å². The number of nitrogens with one attached hydrogen (secondary N) is 2. The highest BCUT2D eigenvalue weighted by atomic mass is 16.6. The third-order valence-electron chi connectivity index (χ3n) is 3.88. The molecule has 0 fully saturated rings. The molecule has 0 radical (unpaired) electrons. The molecular weight excluding hydrogens is 344 g/mol. The Morgan fingerprint density at radius 3 is 2.48 bits per heavy atom. The molecule has 2 N–H and O–H groups in total. The molecule has 0 aromatic heterocycles. The minimum atomic E-state index is -0.405. The third kappa shape index (κ3) is 6.62. The van der Waals surface area contributed by atoms with Gasteiger partial charge in [-0.3, -0.25) is 10.1 Å². The number of para-hydroxylation sites is 1. The van der Waals surface area contributed by atoms with E-state index in [1.807, 2.05) is 24.3 Å². The van der Waals surface area contributed by atoms with Crippen molar-refractivity contribution in [2.75, 3.05) is 13.7 Å². The summed E-state index contributed by atoms with van der Waals surface area (Å²) in [7, 11) is 1.65. The van der Waals surface area contributed by atoms with E-state index < -0.39 is 4.92 Å². The van der Waals surface area contributed by atoms with Gasteiger partial charge < -0.3 is 15.4 Å². The first-order valence-corrected chi connectivity index (χ1v) is 8.87. The van der Waals surface area contributed by atoms with Crippen LogP contribution in [-0.2, 0) is 13.1 Å². The lowest BCUT2D eigenvalue weighted by atomic mass is 10.2. The molecule has 0 atom stereocenters. The number of benzene rings is 2. The van der Waals surface area contributed by atoms with Crippen LogP contribution < -0.4 is 15.4 Å². The average molecular weight is 370 g/mol. The maximum Gasteiger partial charge on any atom is 0.269 e. The molecule has 0 aliphatic rings. The van der Waals surface area contributed by atoms with Gasteiger partial charge in [0.2, 0.25) is 0 Å². The van der Waals surface area contributed by atoms with E-state index in [0.717, 1.165) is 23.4 Å². The van der Waals surface area contributed by atoms with E-state index in [9.17, 15) is 10.1 Å². The highest BCUT2D eigenvalue weighted by Gasteiger charge is 2.06. The van der Waals surface area contributed by atoms with Gasteiger partial charge in [-0.25, -0.2) is 4.99 Å². The SMILES string of the molecule is COc1ccccc1CNC(=NCc1ccc([N+](=O)[O-])cc1)NCC(C)C. The lowest BCUT2D eigenvalue weighted by Crippen LogP contribution is -2.38. The first-order chi connectivity index (χ1) is 13.0. The molecule has 144 valence electrons. The minimum absolute atomic E-state index is 0.0789. The Morgan fingerprint density at radius 2 is 1.85 bits per heavy atom. The smallest absolute Gasteiger partial charge is 0.269 e. The van der Waals surface area contributed by atoms with Crippen LogP contribution in [0.4, 0.5) is 5.69 Å². The topological polar surface area (TPSA) is 88.8 Å². The molecule has 7 nitrogen and oxygen atoms in total. The summed E-state index contributed by atoms with van der Waals surface area (Å²) < 4.78 is 5.38. The summed E-state index contributed by atoms with van der Waals surface area (Å²) in [6, 6.07) is 14.3. The predicted molar refractivity (Wildman–Crippen MR) is 107 cm³/mol. The summed E-state index contributed by atoms with van der Waals surface area (Å²) in [5, 5.41) is 17.4. The van der Waals surface area contributed by atoms with Crippen molar-refractivity contribution in [1.82, 2.24) is 10.6 Å². The molecule has 7 heteroatoms. The number of guanidine groups is 1. The molecule has 0 saturated carbocycles. The third-order valence-corrected chi connectivity index (χ3v) is 3.88. The molecule has 27 heavy (non-hydrogen) atoms. The van der Waals surface area contributed by atoms with E-state index in [1.165, 1.54) is 12.1 Å². The Balaban J connectivity index is 2.05. The molecule has 0 bridgehead atoms. The summed E-state index contributed by atoms with van der Waals surface area (Å²) in [5.41, 5.74) is 2.02. The van der Waals surface area contributed by atoms with Crippen LogP contribution in [0, 0.1) is 16.0 Å². The van der Waals surface area contributed by atoms with Crippen LogP contribution >= 0.6 is 0 Å². The molecule has 0 saturated heterocycles. The summed E-state index contributed by atoms with van der Waals surface area (Å²) in [6.45, 7) is 6.05. The number of nitrogens with zero attached hydrogens (tertiary/aromatic N) is 2. The monoisotopic (exact) mass is 370 g/mol. The molecule has 0 unspecified atom stereocenters. The number of nitro benzene ring substituents is 1. The second-order valence-corrected chi connectivity index (χ2v) is 6.53. The Labute approximate surface area is 159 Å². The Kier molecular flexibility index (Phi) is 7.61. The fourth-order valence-corrected chi connectivity index (χ4v) is 2.40. The molecule has 0 spiro atoms. The summed E-state index contributed by atoms with van der Waals surface area (Å²) in [5.74, 6) is 1.99. The van der Waals surface area contributed by atoms with Gasteiger partial charge in [0.25, 0.3) is 5.69 Å². The van der Waals surface area contributed by atoms with Crippen molar-refractivity contribution in [1.29, 1.82) is 0 Å². The van der Waals surface area contributed by atoms with Crippen LogP contribution in [0.2, 0.25) is 0 Å². The Hall–Kier alpha value is -3.09.